The molecule has 1 aliphatic rings. The fraction of sp³-hybridized carbons (Fsp3) is 0.125. The van der Waals surface area contributed by atoms with Gasteiger partial charge in [-0.2, -0.15) is 0 Å². The molecule has 2 heterocycles. The predicted molar refractivity (Wildman–Crippen MR) is 93.1 cm³/mol. The van der Waals surface area contributed by atoms with Crippen LogP contribution in [0.25, 0.3) is 6.08 Å². The number of amides is 1. The third-order valence-electron chi connectivity index (χ3n) is 3.41. The Hall–Kier alpha value is -2.18. The van der Waals surface area contributed by atoms with Gasteiger partial charge in [-0.25, -0.2) is 0 Å². The Kier molecular flexibility index (Phi) is 3.96. The lowest BCUT2D eigenvalue weighted by atomic mass is 10.2. The van der Waals surface area contributed by atoms with Crippen molar-refractivity contribution in [1.82, 2.24) is 4.90 Å². The molecular weight excluding hydrogens is 316 g/mol. The van der Waals surface area contributed by atoms with Crippen LogP contribution in [-0.4, -0.2) is 30.1 Å². The molecule has 0 spiro atoms. The van der Waals surface area contributed by atoms with Gasteiger partial charge >= 0.3 is 0 Å². The van der Waals surface area contributed by atoms with Gasteiger partial charge in [-0.3, -0.25) is 9.69 Å². The summed E-state index contributed by atoms with van der Waals surface area (Å²) < 4.78 is 5.14. The summed E-state index contributed by atoms with van der Waals surface area (Å²) >= 11 is 7.00. The average molecular weight is 330 g/mol. The summed E-state index contributed by atoms with van der Waals surface area (Å²) in [5.41, 5.74) is 1.31. The van der Waals surface area contributed by atoms with Gasteiger partial charge in [-0.1, -0.05) is 6.07 Å². The molecule has 0 bridgehead atoms. The van der Waals surface area contributed by atoms with Crippen LogP contribution in [0.15, 0.2) is 47.5 Å². The van der Waals surface area contributed by atoms with Crippen molar-refractivity contribution in [1.29, 1.82) is 0 Å². The van der Waals surface area contributed by atoms with Crippen molar-refractivity contribution < 1.29 is 9.53 Å². The van der Waals surface area contributed by atoms with Crippen molar-refractivity contribution in [3.63, 3.8) is 0 Å². The standard InChI is InChI=1S/C16H14N2O2S2/c1-17-14(10-13-4-3-9-22-13)15(19)18(16(17)21)11-5-7-12(20-2)8-6-11/h3-10H,1-2H3/b14-10+. The number of thiophene rings is 1. The van der Waals surface area contributed by atoms with E-state index in [0.29, 0.717) is 10.8 Å². The minimum absolute atomic E-state index is 0.119. The molecule has 6 heteroatoms. The molecule has 0 saturated carbocycles. The van der Waals surface area contributed by atoms with Gasteiger partial charge in [0.15, 0.2) is 5.11 Å². The summed E-state index contributed by atoms with van der Waals surface area (Å²) in [6.45, 7) is 0. The number of ether oxygens (including phenoxy) is 1. The van der Waals surface area contributed by atoms with Gasteiger partial charge in [-0.15, -0.1) is 11.3 Å². The van der Waals surface area contributed by atoms with Gasteiger partial charge in [0.05, 0.1) is 12.8 Å². The molecule has 0 aliphatic carbocycles. The quantitative estimate of drug-likeness (QED) is 0.638. The van der Waals surface area contributed by atoms with Crippen LogP contribution in [-0.2, 0) is 4.79 Å². The first-order chi connectivity index (χ1) is 10.6. The molecule has 2 aromatic rings. The van der Waals surface area contributed by atoms with Crippen LogP contribution in [0, 0.1) is 0 Å². The number of nitrogens with zero attached hydrogens (tertiary/aromatic N) is 2. The minimum atomic E-state index is -0.119. The molecule has 22 heavy (non-hydrogen) atoms. The molecule has 1 aromatic heterocycles. The Bertz CT molecular complexity index is 736. The second-order valence-electron chi connectivity index (χ2n) is 4.73. The molecule has 0 radical (unpaired) electrons. The van der Waals surface area contributed by atoms with Crippen molar-refractivity contribution >= 4 is 46.3 Å². The van der Waals surface area contributed by atoms with Gasteiger partial charge in [0.1, 0.15) is 11.4 Å². The number of anilines is 1. The fourth-order valence-electron chi connectivity index (χ4n) is 2.22. The number of carbonyl (C=O) groups excluding carboxylic acids is 1. The maximum atomic E-state index is 12.7. The third-order valence-corrected chi connectivity index (χ3v) is 4.69. The Morgan fingerprint density at radius 1 is 1.23 bits per heavy atom. The molecule has 4 nitrogen and oxygen atoms in total. The van der Waals surface area contributed by atoms with Gasteiger partial charge in [0, 0.05) is 11.9 Å². The SMILES string of the molecule is COc1ccc(N2C(=O)/C(=C\c3cccs3)N(C)C2=S)cc1. The molecule has 1 saturated heterocycles. The number of hydrogen-bond acceptors (Lipinski definition) is 4. The topological polar surface area (TPSA) is 32.8 Å². The minimum Gasteiger partial charge on any atom is -0.497 e. The number of likely N-dealkylation sites (N-methyl/N-ethyl adjacent to an activating group) is 1. The van der Waals surface area contributed by atoms with Crippen LogP contribution in [0.4, 0.5) is 5.69 Å². The number of thiocarbonyl (C=S) groups is 1. The van der Waals surface area contributed by atoms with Crippen molar-refractivity contribution in [2.24, 2.45) is 0 Å². The van der Waals surface area contributed by atoms with Crippen molar-refractivity contribution in [3.05, 3.63) is 52.4 Å². The van der Waals surface area contributed by atoms with Gasteiger partial charge in [0.25, 0.3) is 5.91 Å². The Labute approximate surface area is 138 Å². The smallest absolute Gasteiger partial charge is 0.281 e. The van der Waals surface area contributed by atoms with Crippen LogP contribution in [0.1, 0.15) is 4.88 Å². The summed E-state index contributed by atoms with van der Waals surface area (Å²) in [5.74, 6) is 0.620. The van der Waals surface area contributed by atoms with E-state index in [0.717, 1.165) is 16.3 Å². The second-order valence-corrected chi connectivity index (χ2v) is 6.07. The molecular formula is C16H14N2O2S2. The number of benzene rings is 1. The van der Waals surface area contributed by atoms with Gasteiger partial charge < -0.3 is 9.64 Å². The summed E-state index contributed by atoms with van der Waals surface area (Å²) in [4.78, 5) is 17.0. The van der Waals surface area contributed by atoms with E-state index in [2.05, 4.69) is 0 Å². The molecule has 112 valence electrons. The molecule has 1 aromatic carbocycles. The molecule has 0 atom stereocenters. The Morgan fingerprint density at radius 2 is 1.95 bits per heavy atom. The van der Waals surface area contributed by atoms with Crippen LogP contribution >= 0.6 is 23.6 Å². The molecule has 3 rings (SSSR count). The molecule has 1 fully saturated rings. The van der Waals surface area contributed by atoms with E-state index in [1.54, 1.807) is 23.3 Å². The van der Waals surface area contributed by atoms with Crippen LogP contribution < -0.4 is 9.64 Å². The Balaban J connectivity index is 1.96. The zero-order valence-electron chi connectivity index (χ0n) is 12.1. The number of rotatable bonds is 3. The molecule has 1 amide bonds. The van der Waals surface area contributed by atoms with Crippen molar-refractivity contribution in [2.45, 2.75) is 0 Å². The highest BCUT2D eigenvalue weighted by Crippen LogP contribution is 2.29. The van der Waals surface area contributed by atoms with E-state index < -0.39 is 0 Å². The first-order valence-corrected chi connectivity index (χ1v) is 7.92. The predicted octanol–water partition coefficient (Wildman–Crippen LogP) is 3.36. The lowest BCUT2D eigenvalue weighted by Gasteiger charge is -2.16. The third kappa shape index (κ3) is 2.51. The fourth-order valence-corrected chi connectivity index (χ4v) is 3.16. The van der Waals surface area contributed by atoms with E-state index >= 15 is 0 Å². The number of hydrogen-bond donors (Lipinski definition) is 0. The summed E-state index contributed by atoms with van der Waals surface area (Å²) in [5, 5.41) is 2.45. The van der Waals surface area contributed by atoms with E-state index in [9.17, 15) is 4.79 Å². The first kappa shape index (κ1) is 14.7. The van der Waals surface area contributed by atoms with Crippen LogP contribution in [0.2, 0.25) is 0 Å². The van der Waals surface area contributed by atoms with Crippen molar-refractivity contribution in [2.75, 3.05) is 19.1 Å². The van der Waals surface area contributed by atoms with E-state index in [1.165, 1.54) is 4.90 Å². The highest BCUT2D eigenvalue weighted by Gasteiger charge is 2.36. The first-order valence-electron chi connectivity index (χ1n) is 6.63. The zero-order valence-corrected chi connectivity index (χ0v) is 13.8. The summed E-state index contributed by atoms with van der Waals surface area (Å²) in [7, 11) is 3.42. The summed E-state index contributed by atoms with van der Waals surface area (Å²) in [6.07, 6.45) is 1.86. The highest BCUT2D eigenvalue weighted by molar-refractivity contribution is 7.80. The normalized spacial score (nSPS) is 16.7. The number of methoxy groups -OCH3 is 1. The average Bonchev–Trinajstić information content (AvgIpc) is 3.11. The highest BCUT2D eigenvalue weighted by atomic mass is 32.1. The lowest BCUT2D eigenvalue weighted by molar-refractivity contribution is -0.114. The van der Waals surface area contributed by atoms with Crippen molar-refractivity contribution in [3.8, 4) is 5.75 Å². The second kappa shape index (κ2) is 5.90. The van der Waals surface area contributed by atoms with Crippen LogP contribution in [0.3, 0.4) is 0 Å². The summed E-state index contributed by atoms with van der Waals surface area (Å²) in [6, 6.07) is 11.2. The molecule has 1 aliphatic heterocycles. The van der Waals surface area contributed by atoms with E-state index in [1.807, 2.05) is 54.9 Å². The molecule has 0 unspecified atom stereocenters. The zero-order chi connectivity index (χ0) is 15.7. The van der Waals surface area contributed by atoms with E-state index in [-0.39, 0.29) is 5.91 Å². The largest absolute Gasteiger partial charge is 0.497 e. The number of carbonyl (C=O) groups is 1. The monoisotopic (exact) mass is 330 g/mol. The van der Waals surface area contributed by atoms with E-state index in [4.69, 9.17) is 17.0 Å². The maximum absolute atomic E-state index is 12.7. The molecule has 0 N–H and O–H groups in total. The Morgan fingerprint density at radius 3 is 2.55 bits per heavy atom. The van der Waals surface area contributed by atoms with Crippen LogP contribution in [0.5, 0.6) is 5.75 Å². The maximum Gasteiger partial charge on any atom is 0.281 e. The van der Waals surface area contributed by atoms with Gasteiger partial charge in [-0.05, 0) is 54.0 Å². The lowest BCUT2D eigenvalue weighted by Crippen LogP contribution is -2.31. The van der Waals surface area contributed by atoms with Gasteiger partial charge in [0.2, 0.25) is 0 Å².